The maximum Gasteiger partial charge on any atom is 0.145 e. The minimum atomic E-state index is -0.491. The van der Waals surface area contributed by atoms with Gasteiger partial charge in [-0.1, -0.05) is 72.6 Å². The fourth-order valence-electron chi connectivity index (χ4n) is 4.75. The van der Waals surface area contributed by atoms with E-state index in [1.54, 1.807) is 24.3 Å². The van der Waals surface area contributed by atoms with Crippen molar-refractivity contribution in [3.8, 4) is 0 Å². The Balaban J connectivity index is 1.74. The standard InChI is InChI=1S/C27H26Cl2F2N2/c1-4-17-12-15(2)8-11-24(17)33-16(3)27-25(20-6-5-7-22(29)26(20)31)21(14-32-27)19-10-9-18(28)13-23(19)30/h5-13,21,25,27,32-33H,3-4,14H2,1-2H3/t21?,25-,27?/m1/s1. The molecule has 0 bridgehead atoms. The number of hydrogen-bond donors (Lipinski definition) is 2. The molecular formula is C27H26Cl2F2N2. The van der Waals surface area contributed by atoms with E-state index in [1.165, 1.54) is 23.3 Å². The Bertz CT molecular complexity index is 1190. The fourth-order valence-corrected chi connectivity index (χ4v) is 5.09. The Morgan fingerprint density at radius 1 is 1.09 bits per heavy atom. The van der Waals surface area contributed by atoms with Gasteiger partial charge in [0.2, 0.25) is 0 Å². The van der Waals surface area contributed by atoms with Gasteiger partial charge in [0, 0.05) is 34.8 Å². The maximum atomic E-state index is 15.2. The summed E-state index contributed by atoms with van der Waals surface area (Å²) in [6.07, 6.45) is 0.861. The monoisotopic (exact) mass is 486 g/mol. The number of hydrogen-bond acceptors (Lipinski definition) is 2. The summed E-state index contributed by atoms with van der Waals surface area (Å²) in [4.78, 5) is 0. The molecule has 0 aromatic heterocycles. The second-order valence-corrected chi connectivity index (χ2v) is 9.34. The van der Waals surface area contributed by atoms with Gasteiger partial charge in [-0.05, 0) is 54.3 Å². The minimum absolute atomic E-state index is 0.0406. The van der Waals surface area contributed by atoms with Crippen LogP contribution in [0.1, 0.15) is 41.0 Å². The molecular weight excluding hydrogens is 461 g/mol. The molecule has 1 aliphatic rings. The molecule has 172 valence electrons. The molecule has 3 atom stereocenters. The van der Waals surface area contributed by atoms with Crippen molar-refractivity contribution in [2.24, 2.45) is 0 Å². The van der Waals surface area contributed by atoms with Crippen molar-refractivity contribution < 1.29 is 8.78 Å². The molecule has 2 N–H and O–H groups in total. The van der Waals surface area contributed by atoms with Crippen LogP contribution in [-0.4, -0.2) is 12.6 Å². The Morgan fingerprint density at radius 3 is 2.61 bits per heavy atom. The lowest BCUT2D eigenvalue weighted by Gasteiger charge is -2.28. The third kappa shape index (κ3) is 4.79. The molecule has 1 heterocycles. The third-order valence-electron chi connectivity index (χ3n) is 6.37. The normalized spacial score (nSPS) is 20.1. The summed E-state index contributed by atoms with van der Waals surface area (Å²) >= 11 is 12.1. The molecule has 33 heavy (non-hydrogen) atoms. The second-order valence-electron chi connectivity index (χ2n) is 8.49. The topological polar surface area (TPSA) is 24.1 Å². The summed E-state index contributed by atoms with van der Waals surface area (Å²) in [6, 6.07) is 15.4. The molecule has 2 unspecified atom stereocenters. The molecule has 0 spiro atoms. The molecule has 1 fully saturated rings. The lowest BCUT2D eigenvalue weighted by atomic mass is 9.79. The molecule has 1 saturated heterocycles. The van der Waals surface area contributed by atoms with Crippen LogP contribution in [0.2, 0.25) is 10.0 Å². The molecule has 2 nitrogen and oxygen atoms in total. The molecule has 1 aliphatic heterocycles. The zero-order valence-electron chi connectivity index (χ0n) is 18.6. The first-order chi connectivity index (χ1) is 15.8. The van der Waals surface area contributed by atoms with E-state index in [0.717, 1.165) is 12.1 Å². The van der Waals surface area contributed by atoms with Crippen molar-refractivity contribution in [3.05, 3.63) is 111 Å². The molecule has 3 aromatic rings. The summed E-state index contributed by atoms with van der Waals surface area (Å²) in [7, 11) is 0. The van der Waals surface area contributed by atoms with Crippen LogP contribution in [0.5, 0.6) is 0 Å². The average Bonchev–Trinajstić information content (AvgIpc) is 3.21. The van der Waals surface area contributed by atoms with Crippen molar-refractivity contribution in [2.75, 3.05) is 11.9 Å². The van der Waals surface area contributed by atoms with Gasteiger partial charge >= 0.3 is 0 Å². The lowest BCUT2D eigenvalue weighted by molar-refractivity contribution is 0.519. The van der Waals surface area contributed by atoms with Crippen molar-refractivity contribution in [1.29, 1.82) is 0 Å². The molecule has 0 radical (unpaired) electrons. The van der Waals surface area contributed by atoms with Crippen molar-refractivity contribution in [1.82, 2.24) is 5.32 Å². The fraction of sp³-hybridized carbons (Fsp3) is 0.259. The Hall–Kier alpha value is -2.40. The van der Waals surface area contributed by atoms with Crippen LogP contribution in [0.4, 0.5) is 14.5 Å². The van der Waals surface area contributed by atoms with Gasteiger partial charge in [0.15, 0.2) is 0 Å². The van der Waals surface area contributed by atoms with Crippen molar-refractivity contribution in [3.63, 3.8) is 0 Å². The first-order valence-corrected chi connectivity index (χ1v) is 11.7. The summed E-state index contributed by atoms with van der Waals surface area (Å²) < 4.78 is 30.1. The van der Waals surface area contributed by atoms with Gasteiger partial charge in [0.05, 0.1) is 11.1 Å². The highest BCUT2D eigenvalue weighted by Crippen LogP contribution is 2.44. The van der Waals surface area contributed by atoms with E-state index >= 15 is 4.39 Å². The number of halogens is 4. The largest absolute Gasteiger partial charge is 0.358 e. The Labute approximate surface area is 203 Å². The maximum absolute atomic E-state index is 15.2. The van der Waals surface area contributed by atoms with Gasteiger partial charge in [-0.3, -0.25) is 0 Å². The SMILES string of the molecule is C=C(Nc1ccc(C)cc1CC)C1NCC(c2ccc(Cl)cc2F)[C@H]1c1cccc(Cl)c1F. The number of aryl methyl sites for hydroxylation is 2. The zero-order valence-corrected chi connectivity index (χ0v) is 20.1. The molecule has 6 heteroatoms. The molecule has 3 aromatic carbocycles. The van der Waals surface area contributed by atoms with Gasteiger partial charge < -0.3 is 10.6 Å². The van der Waals surface area contributed by atoms with Gasteiger partial charge in [0.25, 0.3) is 0 Å². The number of anilines is 1. The van der Waals surface area contributed by atoms with E-state index in [1.807, 2.05) is 12.1 Å². The van der Waals surface area contributed by atoms with E-state index in [2.05, 4.69) is 37.1 Å². The van der Waals surface area contributed by atoms with E-state index in [4.69, 9.17) is 23.2 Å². The minimum Gasteiger partial charge on any atom is -0.358 e. The predicted molar refractivity (Wildman–Crippen MR) is 133 cm³/mol. The van der Waals surface area contributed by atoms with Crippen molar-refractivity contribution in [2.45, 2.75) is 38.1 Å². The van der Waals surface area contributed by atoms with Crippen LogP contribution < -0.4 is 10.6 Å². The second kappa shape index (κ2) is 9.84. The van der Waals surface area contributed by atoms with Crippen LogP contribution in [0.3, 0.4) is 0 Å². The number of benzene rings is 3. The predicted octanol–water partition coefficient (Wildman–Crippen LogP) is 7.61. The summed E-state index contributed by atoms with van der Waals surface area (Å²) in [5.41, 5.74) is 4.91. The smallest absolute Gasteiger partial charge is 0.145 e. The van der Waals surface area contributed by atoms with Crippen LogP contribution >= 0.6 is 23.2 Å². The molecule has 4 rings (SSSR count). The highest BCUT2D eigenvalue weighted by Gasteiger charge is 2.42. The molecule has 0 aliphatic carbocycles. The lowest BCUT2D eigenvalue weighted by Crippen LogP contribution is -2.32. The first kappa shape index (κ1) is 23.7. The molecule has 0 saturated carbocycles. The van der Waals surface area contributed by atoms with Gasteiger partial charge in [0.1, 0.15) is 11.6 Å². The van der Waals surface area contributed by atoms with Gasteiger partial charge in [-0.15, -0.1) is 0 Å². The summed E-state index contributed by atoms with van der Waals surface area (Å²) in [5.74, 6) is -1.65. The number of nitrogens with one attached hydrogen (secondary N) is 2. The van der Waals surface area contributed by atoms with Crippen molar-refractivity contribution >= 4 is 28.9 Å². The average molecular weight is 487 g/mol. The highest BCUT2D eigenvalue weighted by molar-refractivity contribution is 6.31. The Kier molecular flexibility index (Phi) is 7.08. The zero-order chi connectivity index (χ0) is 23.7. The van der Waals surface area contributed by atoms with Gasteiger partial charge in [-0.2, -0.15) is 0 Å². The van der Waals surface area contributed by atoms with E-state index in [0.29, 0.717) is 28.4 Å². The van der Waals surface area contributed by atoms with E-state index < -0.39 is 17.6 Å². The summed E-state index contributed by atoms with van der Waals surface area (Å²) in [6.45, 7) is 8.88. The van der Waals surface area contributed by atoms with Crippen LogP contribution in [-0.2, 0) is 6.42 Å². The third-order valence-corrected chi connectivity index (χ3v) is 6.89. The van der Waals surface area contributed by atoms with Crippen LogP contribution in [0.25, 0.3) is 0 Å². The quantitative estimate of drug-likeness (QED) is 0.374. The number of rotatable bonds is 6. The van der Waals surface area contributed by atoms with E-state index in [9.17, 15) is 4.39 Å². The van der Waals surface area contributed by atoms with Crippen LogP contribution in [0.15, 0.2) is 66.9 Å². The van der Waals surface area contributed by atoms with E-state index in [-0.39, 0.29) is 17.0 Å². The molecule has 0 amide bonds. The van der Waals surface area contributed by atoms with Gasteiger partial charge in [-0.25, -0.2) is 8.78 Å². The Morgan fingerprint density at radius 2 is 1.88 bits per heavy atom. The first-order valence-electron chi connectivity index (χ1n) is 11.0. The summed E-state index contributed by atoms with van der Waals surface area (Å²) in [5, 5.41) is 7.23. The highest BCUT2D eigenvalue weighted by atomic mass is 35.5. The van der Waals surface area contributed by atoms with Crippen LogP contribution in [0, 0.1) is 18.6 Å².